The monoisotopic (exact) mass is 450 g/mol. The lowest BCUT2D eigenvalue weighted by Gasteiger charge is -2.08. The molecule has 10 heteroatoms. The first-order valence-electron chi connectivity index (χ1n) is 8.92. The molecule has 0 aliphatic rings. The molecule has 0 unspecified atom stereocenters. The van der Waals surface area contributed by atoms with Gasteiger partial charge in [0.15, 0.2) is 14.6 Å². The van der Waals surface area contributed by atoms with Gasteiger partial charge in [-0.25, -0.2) is 8.42 Å². The van der Waals surface area contributed by atoms with E-state index in [4.69, 9.17) is 14.2 Å². The predicted octanol–water partition coefficient (Wildman–Crippen LogP) is 2.51. The Morgan fingerprint density at radius 3 is 2.50 bits per heavy atom. The number of hydrogen-bond donors (Lipinski definition) is 0. The van der Waals surface area contributed by atoms with E-state index in [1.165, 1.54) is 25.6 Å². The lowest BCUT2D eigenvalue weighted by molar-refractivity contribution is 0.0994. The Kier molecular flexibility index (Phi) is 6.59. The van der Waals surface area contributed by atoms with Crippen LogP contribution in [0.3, 0.4) is 0 Å². The third-order valence-electron chi connectivity index (χ3n) is 4.44. The molecule has 0 bridgehead atoms. The first kappa shape index (κ1) is 22.0. The summed E-state index contributed by atoms with van der Waals surface area (Å²) in [5, 5.41) is 0. The molecule has 0 N–H and O–H groups in total. The fourth-order valence-corrected chi connectivity index (χ4v) is 4.71. The van der Waals surface area contributed by atoms with Crippen LogP contribution in [0.4, 0.5) is 0 Å². The van der Waals surface area contributed by atoms with Gasteiger partial charge in [0.2, 0.25) is 0 Å². The Hall–Kier alpha value is -2.69. The normalized spacial score (nSPS) is 12.3. The van der Waals surface area contributed by atoms with Gasteiger partial charge in [-0.1, -0.05) is 11.3 Å². The molecular formula is C20H22N2O6S2. The number of sulfone groups is 1. The number of amides is 1. The fourth-order valence-electron chi connectivity index (χ4n) is 2.90. The van der Waals surface area contributed by atoms with Gasteiger partial charge in [-0.15, -0.1) is 0 Å². The average molecular weight is 451 g/mol. The Labute approximate surface area is 178 Å². The molecule has 1 aromatic heterocycles. The van der Waals surface area contributed by atoms with Crippen LogP contribution in [-0.4, -0.2) is 53.1 Å². The number of benzene rings is 2. The zero-order chi connectivity index (χ0) is 21.9. The van der Waals surface area contributed by atoms with Gasteiger partial charge < -0.3 is 18.8 Å². The van der Waals surface area contributed by atoms with Crippen LogP contribution in [0.1, 0.15) is 10.4 Å². The number of nitrogens with zero attached hydrogens (tertiary/aromatic N) is 2. The summed E-state index contributed by atoms with van der Waals surface area (Å²) in [5.41, 5.74) is 1.04. The molecule has 2 aromatic carbocycles. The quantitative estimate of drug-likeness (QED) is 0.549. The van der Waals surface area contributed by atoms with Crippen molar-refractivity contribution < 1.29 is 27.4 Å². The van der Waals surface area contributed by atoms with Crippen molar-refractivity contribution in [2.45, 2.75) is 11.4 Å². The van der Waals surface area contributed by atoms with Gasteiger partial charge in [0, 0.05) is 19.9 Å². The van der Waals surface area contributed by atoms with Gasteiger partial charge in [0.05, 0.1) is 41.5 Å². The third-order valence-corrected chi connectivity index (χ3v) is 6.59. The summed E-state index contributed by atoms with van der Waals surface area (Å²) in [6, 6.07) is 9.76. The summed E-state index contributed by atoms with van der Waals surface area (Å²) < 4.78 is 42.0. The van der Waals surface area contributed by atoms with Gasteiger partial charge in [-0.3, -0.25) is 4.79 Å². The molecule has 1 heterocycles. The molecule has 3 aromatic rings. The number of aromatic nitrogens is 1. The summed E-state index contributed by atoms with van der Waals surface area (Å²) in [5.74, 6) is 0.399. The Morgan fingerprint density at radius 2 is 1.87 bits per heavy atom. The number of carbonyl (C=O) groups is 1. The molecule has 0 saturated carbocycles. The second kappa shape index (κ2) is 8.99. The number of methoxy groups -OCH3 is 3. The predicted molar refractivity (Wildman–Crippen MR) is 114 cm³/mol. The van der Waals surface area contributed by atoms with Crippen molar-refractivity contribution in [1.29, 1.82) is 0 Å². The van der Waals surface area contributed by atoms with Crippen molar-refractivity contribution in [3.8, 4) is 11.5 Å². The highest BCUT2D eigenvalue weighted by Crippen LogP contribution is 2.25. The van der Waals surface area contributed by atoms with Crippen molar-refractivity contribution in [3.63, 3.8) is 0 Å². The van der Waals surface area contributed by atoms with Crippen LogP contribution >= 0.6 is 11.3 Å². The van der Waals surface area contributed by atoms with E-state index >= 15 is 0 Å². The van der Waals surface area contributed by atoms with Crippen molar-refractivity contribution in [2.75, 3.05) is 34.2 Å². The van der Waals surface area contributed by atoms with Gasteiger partial charge in [-0.05, 0) is 36.4 Å². The van der Waals surface area contributed by atoms with E-state index in [0.29, 0.717) is 34.2 Å². The molecule has 0 saturated heterocycles. The standard InChI is InChI=1S/C20H22N2O6S2/c1-26-10-9-22-16-7-6-14(30(4,24)25)12-18(16)29-20(22)21-19(23)15-11-13(27-2)5-8-17(15)28-3/h5-8,11-12H,9-10H2,1-4H3. The summed E-state index contributed by atoms with van der Waals surface area (Å²) >= 11 is 1.23. The van der Waals surface area contributed by atoms with E-state index < -0.39 is 15.7 Å². The molecule has 3 rings (SSSR count). The molecule has 0 spiro atoms. The lowest BCUT2D eigenvalue weighted by Crippen LogP contribution is -2.19. The van der Waals surface area contributed by atoms with Gasteiger partial charge in [0.1, 0.15) is 11.5 Å². The minimum Gasteiger partial charge on any atom is -0.497 e. The fraction of sp³-hybridized carbons (Fsp3) is 0.300. The Morgan fingerprint density at radius 1 is 1.10 bits per heavy atom. The number of rotatable bonds is 7. The van der Waals surface area contributed by atoms with Crippen molar-refractivity contribution in [1.82, 2.24) is 4.57 Å². The molecule has 30 heavy (non-hydrogen) atoms. The first-order chi connectivity index (χ1) is 14.3. The summed E-state index contributed by atoms with van der Waals surface area (Å²) in [7, 11) is 1.22. The zero-order valence-corrected chi connectivity index (χ0v) is 18.7. The summed E-state index contributed by atoms with van der Waals surface area (Å²) in [6.45, 7) is 0.861. The topological polar surface area (TPSA) is 96.2 Å². The Balaban J connectivity index is 2.18. The Bertz CT molecular complexity index is 1260. The third kappa shape index (κ3) is 4.55. The maximum atomic E-state index is 13.0. The van der Waals surface area contributed by atoms with Crippen LogP contribution in [-0.2, 0) is 21.1 Å². The first-order valence-corrected chi connectivity index (χ1v) is 11.6. The highest BCUT2D eigenvalue weighted by molar-refractivity contribution is 7.90. The zero-order valence-electron chi connectivity index (χ0n) is 17.0. The molecule has 0 atom stereocenters. The number of thiazole rings is 1. The largest absolute Gasteiger partial charge is 0.497 e. The molecule has 0 fully saturated rings. The van der Waals surface area contributed by atoms with E-state index in [0.717, 1.165) is 11.8 Å². The maximum absolute atomic E-state index is 13.0. The highest BCUT2D eigenvalue weighted by atomic mass is 32.2. The van der Waals surface area contributed by atoms with E-state index in [2.05, 4.69) is 4.99 Å². The van der Waals surface area contributed by atoms with Crippen LogP contribution in [0, 0.1) is 0 Å². The number of carbonyl (C=O) groups excluding carboxylic acids is 1. The molecule has 0 aliphatic carbocycles. The van der Waals surface area contributed by atoms with Gasteiger partial charge in [-0.2, -0.15) is 4.99 Å². The molecule has 1 amide bonds. The second-order valence-corrected chi connectivity index (χ2v) is 9.44. The van der Waals surface area contributed by atoms with Crippen molar-refractivity contribution in [2.24, 2.45) is 4.99 Å². The SMILES string of the molecule is COCCn1c(=NC(=O)c2cc(OC)ccc2OC)sc2cc(S(C)(=O)=O)ccc21. The number of ether oxygens (including phenoxy) is 3. The average Bonchev–Trinajstić information content (AvgIpc) is 3.07. The lowest BCUT2D eigenvalue weighted by atomic mass is 10.2. The molecule has 160 valence electrons. The number of fused-ring (bicyclic) bond motifs is 1. The molecular weight excluding hydrogens is 428 g/mol. The van der Waals surface area contributed by atoms with Crippen molar-refractivity contribution >= 4 is 37.3 Å². The van der Waals surface area contributed by atoms with Crippen LogP contribution < -0.4 is 14.3 Å². The van der Waals surface area contributed by atoms with Gasteiger partial charge >= 0.3 is 0 Å². The maximum Gasteiger partial charge on any atom is 0.283 e. The summed E-state index contributed by atoms with van der Waals surface area (Å²) in [4.78, 5) is 17.9. The second-order valence-electron chi connectivity index (χ2n) is 6.41. The van der Waals surface area contributed by atoms with Crippen LogP contribution in [0.25, 0.3) is 10.2 Å². The molecule has 0 aliphatic heterocycles. The van der Waals surface area contributed by atoms with Crippen LogP contribution in [0.5, 0.6) is 11.5 Å². The highest BCUT2D eigenvalue weighted by Gasteiger charge is 2.16. The number of hydrogen-bond acceptors (Lipinski definition) is 7. The van der Waals surface area contributed by atoms with Crippen LogP contribution in [0.2, 0.25) is 0 Å². The van der Waals surface area contributed by atoms with E-state index in [-0.39, 0.29) is 10.5 Å². The van der Waals surface area contributed by atoms with E-state index in [9.17, 15) is 13.2 Å². The van der Waals surface area contributed by atoms with Gasteiger partial charge in [0.25, 0.3) is 5.91 Å². The minimum atomic E-state index is -3.35. The van der Waals surface area contributed by atoms with Crippen LogP contribution in [0.15, 0.2) is 46.3 Å². The minimum absolute atomic E-state index is 0.211. The van der Waals surface area contributed by atoms with E-state index in [1.54, 1.807) is 43.5 Å². The molecule has 0 radical (unpaired) electrons. The van der Waals surface area contributed by atoms with E-state index in [1.807, 2.05) is 4.57 Å². The summed E-state index contributed by atoms with van der Waals surface area (Å²) in [6.07, 6.45) is 1.16. The smallest absolute Gasteiger partial charge is 0.283 e. The van der Waals surface area contributed by atoms with Crippen molar-refractivity contribution in [3.05, 3.63) is 46.8 Å². The molecule has 8 nitrogen and oxygen atoms in total.